The van der Waals surface area contributed by atoms with E-state index in [9.17, 15) is 5.11 Å². The summed E-state index contributed by atoms with van der Waals surface area (Å²) in [4.78, 5) is 4.50. The van der Waals surface area contributed by atoms with E-state index in [-0.39, 0.29) is 11.8 Å². The fourth-order valence-corrected chi connectivity index (χ4v) is 4.79. The Kier molecular flexibility index (Phi) is 6.01. The molecule has 0 spiro atoms. The van der Waals surface area contributed by atoms with Crippen LogP contribution in [0.5, 0.6) is 0 Å². The van der Waals surface area contributed by atoms with Crippen molar-refractivity contribution in [2.45, 2.75) is 32.8 Å². The van der Waals surface area contributed by atoms with Gasteiger partial charge in [0.25, 0.3) is 0 Å². The van der Waals surface area contributed by atoms with Gasteiger partial charge in [-0.3, -0.25) is 4.57 Å². The molecular formula is C23H20BrClN6O2. The Hall–Kier alpha value is -3.01. The first-order chi connectivity index (χ1) is 16.1. The first kappa shape index (κ1) is 21.8. The van der Waals surface area contributed by atoms with Crippen LogP contribution in [-0.4, -0.2) is 35.3 Å². The number of unbranched alkanes of at least 4 members (excludes halogenated alkanes) is 1. The molecule has 10 heteroatoms. The summed E-state index contributed by atoms with van der Waals surface area (Å²) in [7, 11) is 0. The van der Waals surface area contributed by atoms with Crippen LogP contribution < -0.4 is 0 Å². The van der Waals surface area contributed by atoms with Gasteiger partial charge in [0.15, 0.2) is 5.15 Å². The Bertz CT molecular complexity index is 1430. The smallest absolute Gasteiger partial charge is 0.221 e. The maximum Gasteiger partial charge on any atom is 0.221 e. The Morgan fingerprint density at radius 2 is 1.91 bits per heavy atom. The molecule has 0 amide bonds. The van der Waals surface area contributed by atoms with Crippen molar-refractivity contribution in [2.75, 3.05) is 0 Å². The zero-order chi connectivity index (χ0) is 22.9. The number of aryl methyl sites for hydroxylation is 1. The van der Waals surface area contributed by atoms with Crippen molar-refractivity contribution in [3.8, 4) is 28.4 Å². The highest BCUT2D eigenvalue weighted by Gasteiger charge is 2.24. The first-order valence-electron chi connectivity index (χ1n) is 10.6. The summed E-state index contributed by atoms with van der Waals surface area (Å²) in [5.41, 5.74) is 3.81. The van der Waals surface area contributed by atoms with E-state index >= 15 is 0 Å². The van der Waals surface area contributed by atoms with Crippen LogP contribution in [0.2, 0.25) is 5.15 Å². The Morgan fingerprint density at radius 3 is 2.64 bits per heavy atom. The molecule has 0 fully saturated rings. The molecule has 33 heavy (non-hydrogen) atoms. The summed E-state index contributed by atoms with van der Waals surface area (Å²) in [6, 6.07) is 13.8. The molecular weight excluding hydrogens is 508 g/mol. The van der Waals surface area contributed by atoms with E-state index in [1.54, 1.807) is 0 Å². The van der Waals surface area contributed by atoms with Crippen LogP contribution in [0.15, 0.2) is 51.4 Å². The van der Waals surface area contributed by atoms with E-state index in [1.165, 1.54) is 0 Å². The maximum atomic E-state index is 10.0. The lowest BCUT2D eigenvalue weighted by Crippen LogP contribution is -2.05. The van der Waals surface area contributed by atoms with Crippen LogP contribution >= 0.6 is 27.5 Å². The quantitative estimate of drug-likeness (QED) is 0.281. The van der Waals surface area contributed by atoms with Gasteiger partial charge in [-0.15, -0.1) is 10.2 Å². The number of hydrogen-bond acceptors (Lipinski definition) is 6. The molecule has 5 aromatic rings. The van der Waals surface area contributed by atoms with E-state index < -0.39 is 0 Å². The molecule has 0 saturated heterocycles. The number of para-hydroxylation sites is 1. The summed E-state index contributed by atoms with van der Waals surface area (Å²) >= 11 is 10.1. The molecule has 2 N–H and O–H groups in total. The Balaban J connectivity index is 1.74. The number of nitrogens with one attached hydrogen (secondary N) is 1. The number of H-pyrrole nitrogens is 1. The molecule has 0 aliphatic rings. The number of aromatic amines is 1. The number of nitrogens with zero attached hydrogens (tertiary/aromatic N) is 5. The second-order valence-corrected chi connectivity index (χ2v) is 8.70. The predicted octanol–water partition coefficient (Wildman–Crippen LogP) is 5.72. The highest BCUT2D eigenvalue weighted by molar-refractivity contribution is 9.10. The minimum absolute atomic E-state index is 0.255. The third-order valence-electron chi connectivity index (χ3n) is 5.54. The second-order valence-electron chi connectivity index (χ2n) is 7.55. The molecule has 2 aromatic carbocycles. The Labute approximate surface area is 202 Å². The Morgan fingerprint density at radius 1 is 1.12 bits per heavy atom. The standard InChI is InChI=1S/C23H20BrClN6O2/c1-2-3-11-18-26-21(25)17(12-32)31(18)23-19(24)16-10-6-9-14(20(16)33-23)13-7-4-5-8-15(13)22-27-29-30-28-22/h4-10,32H,2-3,11-12H2,1H3,(H,27,28,29,30). The van der Waals surface area contributed by atoms with Crippen molar-refractivity contribution in [3.05, 3.63) is 63.6 Å². The number of rotatable bonds is 7. The second kappa shape index (κ2) is 9.09. The molecule has 0 radical (unpaired) electrons. The number of aliphatic hydroxyl groups excluding tert-OH is 1. The summed E-state index contributed by atoms with van der Waals surface area (Å²) in [6.45, 7) is 1.86. The highest BCUT2D eigenvalue weighted by Crippen LogP contribution is 2.42. The molecule has 0 atom stereocenters. The third kappa shape index (κ3) is 3.76. The molecule has 8 nitrogen and oxygen atoms in total. The van der Waals surface area contributed by atoms with Crippen LogP contribution in [0.4, 0.5) is 0 Å². The molecule has 0 saturated carbocycles. The molecule has 0 bridgehead atoms. The lowest BCUT2D eigenvalue weighted by molar-refractivity contribution is 0.273. The van der Waals surface area contributed by atoms with Crippen molar-refractivity contribution in [3.63, 3.8) is 0 Å². The van der Waals surface area contributed by atoms with Crippen molar-refractivity contribution < 1.29 is 9.52 Å². The van der Waals surface area contributed by atoms with Crippen LogP contribution in [0, 0.1) is 0 Å². The van der Waals surface area contributed by atoms with Gasteiger partial charge in [-0.2, -0.15) is 5.21 Å². The SMILES string of the molecule is CCCCc1nc(Cl)c(CO)n1-c1oc2c(-c3ccccc3-c3nn[nH]n3)cccc2c1Br. The normalized spacial score (nSPS) is 11.5. The van der Waals surface area contributed by atoms with Gasteiger partial charge in [-0.05, 0) is 39.2 Å². The van der Waals surface area contributed by atoms with Crippen LogP contribution in [0.1, 0.15) is 31.3 Å². The van der Waals surface area contributed by atoms with E-state index in [0.29, 0.717) is 29.4 Å². The number of hydrogen-bond donors (Lipinski definition) is 2. The number of benzene rings is 2. The molecule has 3 aromatic heterocycles. The highest BCUT2D eigenvalue weighted by atomic mass is 79.9. The number of fused-ring (bicyclic) bond motifs is 1. The van der Waals surface area contributed by atoms with Gasteiger partial charge in [0, 0.05) is 22.9 Å². The van der Waals surface area contributed by atoms with Gasteiger partial charge >= 0.3 is 0 Å². The van der Waals surface area contributed by atoms with E-state index in [4.69, 9.17) is 16.0 Å². The summed E-state index contributed by atoms with van der Waals surface area (Å²) in [5, 5.41) is 25.7. The minimum Gasteiger partial charge on any atom is -0.438 e. The largest absolute Gasteiger partial charge is 0.438 e. The maximum absolute atomic E-state index is 10.0. The molecule has 3 heterocycles. The van der Waals surface area contributed by atoms with E-state index in [1.807, 2.05) is 47.0 Å². The third-order valence-corrected chi connectivity index (χ3v) is 6.61. The number of imidazole rings is 1. The summed E-state index contributed by atoms with van der Waals surface area (Å²) in [5.74, 6) is 1.78. The molecule has 5 rings (SSSR count). The number of aromatic nitrogens is 6. The number of aliphatic hydroxyl groups is 1. The van der Waals surface area contributed by atoms with E-state index in [2.05, 4.69) is 48.5 Å². The van der Waals surface area contributed by atoms with Crippen molar-refractivity contribution in [1.82, 2.24) is 30.2 Å². The average molecular weight is 528 g/mol. The van der Waals surface area contributed by atoms with Gasteiger partial charge in [-0.1, -0.05) is 61.3 Å². The number of tetrazole rings is 1. The predicted molar refractivity (Wildman–Crippen MR) is 129 cm³/mol. The fraction of sp³-hybridized carbons (Fsp3) is 0.217. The van der Waals surface area contributed by atoms with Gasteiger partial charge in [-0.25, -0.2) is 4.98 Å². The van der Waals surface area contributed by atoms with Crippen molar-refractivity contribution in [1.29, 1.82) is 0 Å². The first-order valence-corrected chi connectivity index (χ1v) is 11.7. The molecule has 168 valence electrons. The minimum atomic E-state index is -0.255. The zero-order valence-electron chi connectivity index (χ0n) is 17.7. The van der Waals surface area contributed by atoms with Crippen molar-refractivity contribution >= 4 is 38.5 Å². The van der Waals surface area contributed by atoms with E-state index in [0.717, 1.165) is 45.2 Å². The van der Waals surface area contributed by atoms with Gasteiger partial charge in [0.1, 0.15) is 11.4 Å². The molecule has 0 aliphatic heterocycles. The van der Waals surface area contributed by atoms with Gasteiger partial charge in [0.2, 0.25) is 11.7 Å². The average Bonchev–Trinajstić information content (AvgIpc) is 3.55. The van der Waals surface area contributed by atoms with Crippen LogP contribution in [-0.2, 0) is 13.0 Å². The molecule has 0 aliphatic carbocycles. The van der Waals surface area contributed by atoms with Crippen molar-refractivity contribution in [2.24, 2.45) is 0 Å². The summed E-state index contributed by atoms with van der Waals surface area (Å²) in [6.07, 6.45) is 2.67. The lowest BCUT2D eigenvalue weighted by atomic mass is 9.98. The zero-order valence-corrected chi connectivity index (χ0v) is 20.1. The lowest BCUT2D eigenvalue weighted by Gasteiger charge is -2.09. The van der Waals surface area contributed by atoms with Crippen LogP contribution in [0.25, 0.3) is 39.4 Å². The fourth-order valence-electron chi connectivity index (χ4n) is 3.98. The van der Waals surface area contributed by atoms with Gasteiger partial charge in [0.05, 0.1) is 16.8 Å². The number of halogens is 2. The van der Waals surface area contributed by atoms with Gasteiger partial charge < -0.3 is 9.52 Å². The summed E-state index contributed by atoms with van der Waals surface area (Å²) < 4.78 is 9.04. The molecule has 0 unspecified atom stereocenters. The van der Waals surface area contributed by atoms with Crippen LogP contribution in [0.3, 0.4) is 0 Å². The number of furan rings is 1. The monoisotopic (exact) mass is 526 g/mol. The topological polar surface area (TPSA) is 106 Å².